The first-order valence-corrected chi connectivity index (χ1v) is 7.41. The normalized spacial score (nSPS) is 10.6. The third-order valence-electron chi connectivity index (χ3n) is 3.07. The van der Waals surface area contributed by atoms with E-state index < -0.39 is 0 Å². The number of ether oxygens (including phenoxy) is 2. The molecule has 3 heteroatoms. The molecule has 0 aliphatic heterocycles. The van der Waals surface area contributed by atoms with Gasteiger partial charge >= 0.3 is 0 Å². The van der Waals surface area contributed by atoms with Crippen LogP contribution in [0, 0.1) is 0 Å². The molecule has 0 bridgehead atoms. The van der Waals surface area contributed by atoms with E-state index in [2.05, 4.69) is 0 Å². The van der Waals surface area contributed by atoms with Gasteiger partial charge in [0.1, 0.15) is 11.5 Å². The van der Waals surface area contributed by atoms with Crippen LogP contribution in [0.3, 0.4) is 0 Å². The zero-order valence-electron chi connectivity index (χ0n) is 12.9. The Bertz CT molecular complexity index is 625. The van der Waals surface area contributed by atoms with E-state index in [1.54, 1.807) is 36.4 Å². The topological polar surface area (TPSA) is 35.5 Å². The first-order chi connectivity index (χ1) is 10.7. The largest absolute Gasteiger partial charge is 0.494 e. The lowest BCUT2D eigenvalue weighted by molar-refractivity contribution is 0.104. The monoisotopic (exact) mass is 296 g/mol. The van der Waals surface area contributed by atoms with Crippen LogP contribution in [0.4, 0.5) is 0 Å². The van der Waals surface area contributed by atoms with Gasteiger partial charge < -0.3 is 9.47 Å². The zero-order chi connectivity index (χ0) is 15.8. The second kappa shape index (κ2) is 8.03. The van der Waals surface area contributed by atoms with Gasteiger partial charge in [0.2, 0.25) is 0 Å². The van der Waals surface area contributed by atoms with Crippen molar-refractivity contribution < 1.29 is 14.3 Å². The summed E-state index contributed by atoms with van der Waals surface area (Å²) in [6.07, 6.45) is 3.37. The first kappa shape index (κ1) is 15.8. The molecule has 0 saturated carbocycles. The average molecular weight is 296 g/mol. The van der Waals surface area contributed by atoms with E-state index in [1.165, 1.54) is 0 Å². The molecule has 0 aliphatic rings. The highest BCUT2D eigenvalue weighted by Crippen LogP contribution is 2.15. The van der Waals surface area contributed by atoms with E-state index in [9.17, 15) is 4.79 Å². The predicted molar refractivity (Wildman–Crippen MR) is 88.6 cm³/mol. The van der Waals surface area contributed by atoms with Crippen LogP contribution < -0.4 is 9.47 Å². The molecule has 0 saturated heterocycles. The molecule has 0 atom stereocenters. The van der Waals surface area contributed by atoms with E-state index in [0.717, 1.165) is 17.1 Å². The lowest BCUT2D eigenvalue weighted by Gasteiger charge is -2.03. The standard InChI is InChI=1S/C19H20O3/c1-3-21-17-10-5-15(6-11-17)7-14-19(20)16-8-12-18(13-9-16)22-4-2/h5-14H,3-4H2,1-2H3/b14-7+. The van der Waals surface area contributed by atoms with Crippen LogP contribution in [0.25, 0.3) is 6.08 Å². The van der Waals surface area contributed by atoms with Gasteiger partial charge in [-0.2, -0.15) is 0 Å². The van der Waals surface area contributed by atoms with E-state index in [1.807, 2.05) is 38.1 Å². The van der Waals surface area contributed by atoms with Gasteiger partial charge in [0.05, 0.1) is 13.2 Å². The number of rotatable bonds is 7. The minimum atomic E-state index is -0.0306. The quantitative estimate of drug-likeness (QED) is 0.562. The summed E-state index contributed by atoms with van der Waals surface area (Å²) in [5, 5.41) is 0. The molecular weight excluding hydrogens is 276 g/mol. The summed E-state index contributed by atoms with van der Waals surface area (Å²) in [6.45, 7) is 5.14. The summed E-state index contributed by atoms with van der Waals surface area (Å²) in [6, 6.07) is 14.8. The number of benzene rings is 2. The van der Waals surface area contributed by atoms with E-state index in [0.29, 0.717) is 18.8 Å². The molecule has 114 valence electrons. The highest BCUT2D eigenvalue weighted by molar-refractivity contribution is 6.06. The number of hydrogen-bond acceptors (Lipinski definition) is 3. The molecule has 22 heavy (non-hydrogen) atoms. The SMILES string of the molecule is CCOc1ccc(/C=C/C(=O)c2ccc(OCC)cc2)cc1. The Morgan fingerprint density at radius 2 is 1.36 bits per heavy atom. The Morgan fingerprint density at radius 3 is 1.86 bits per heavy atom. The molecule has 2 aromatic rings. The van der Waals surface area contributed by atoms with Gasteiger partial charge in [-0.3, -0.25) is 4.79 Å². The van der Waals surface area contributed by atoms with Crippen LogP contribution in [-0.2, 0) is 0 Å². The van der Waals surface area contributed by atoms with Crippen LogP contribution >= 0.6 is 0 Å². The number of allylic oxidation sites excluding steroid dienone is 1. The Hall–Kier alpha value is -2.55. The maximum atomic E-state index is 12.1. The fourth-order valence-corrected chi connectivity index (χ4v) is 1.99. The van der Waals surface area contributed by atoms with Crippen molar-refractivity contribution in [2.45, 2.75) is 13.8 Å². The Kier molecular flexibility index (Phi) is 5.78. The second-order valence-electron chi connectivity index (χ2n) is 4.66. The number of hydrogen-bond donors (Lipinski definition) is 0. The van der Waals surface area contributed by atoms with Crippen LogP contribution in [0.5, 0.6) is 11.5 Å². The van der Waals surface area contributed by atoms with Crippen molar-refractivity contribution in [2.75, 3.05) is 13.2 Å². The van der Waals surface area contributed by atoms with Gasteiger partial charge in [0, 0.05) is 5.56 Å². The van der Waals surface area contributed by atoms with Crippen molar-refractivity contribution in [3.63, 3.8) is 0 Å². The highest BCUT2D eigenvalue weighted by atomic mass is 16.5. The molecule has 0 amide bonds. The molecule has 0 aromatic heterocycles. The van der Waals surface area contributed by atoms with Crippen molar-refractivity contribution in [3.8, 4) is 11.5 Å². The van der Waals surface area contributed by atoms with Gasteiger partial charge in [0.15, 0.2) is 5.78 Å². The Labute approximate surface area is 131 Å². The van der Waals surface area contributed by atoms with Crippen LogP contribution in [-0.4, -0.2) is 19.0 Å². The minimum Gasteiger partial charge on any atom is -0.494 e. The molecule has 2 aromatic carbocycles. The van der Waals surface area contributed by atoms with Crippen LogP contribution in [0.1, 0.15) is 29.8 Å². The molecule has 0 heterocycles. The number of carbonyl (C=O) groups is 1. The molecule has 0 fully saturated rings. The predicted octanol–water partition coefficient (Wildman–Crippen LogP) is 4.38. The summed E-state index contributed by atoms with van der Waals surface area (Å²) in [5.41, 5.74) is 1.60. The van der Waals surface area contributed by atoms with Crippen molar-refractivity contribution in [1.82, 2.24) is 0 Å². The lowest BCUT2D eigenvalue weighted by Crippen LogP contribution is -1.95. The Balaban J connectivity index is 2.00. The van der Waals surface area contributed by atoms with Crippen LogP contribution in [0.15, 0.2) is 54.6 Å². The third kappa shape index (κ3) is 4.48. The van der Waals surface area contributed by atoms with Crippen LogP contribution in [0.2, 0.25) is 0 Å². The molecule has 0 aliphatic carbocycles. The van der Waals surface area contributed by atoms with Crippen molar-refractivity contribution in [2.24, 2.45) is 0 Å². The third-order valence-corrected chi connectivity index (χ3v) is 3.07. The van der Waals surface area contributed by atoms with Gasteiger partial charge in [-0.25, -0.2) is 0 Å². The van der Waals surface area contributed by atoms with E-state index in [-0.39, 0.29) is 5.78 Å². The maximum Gasteiger partial charge on any atom is 0.185 e. The molecule has 0 N–H and O–H groups in total. The van der Waals surface area contributed by atoms with E-state index >= 15 is 0 Å². The highest BCUT2D eigenvalue weighted by Gasteiger charge is 2.02. The fraction of sp³-hybridized carbons (Fsp3) is 0.211. The minimum absolute atomic E-state index is 0.0306. The van der Waals surface area contributed by atoms with E-state index in [4.69, 9.17) is 9.47 Å². The second-order valence-corrected chi connectivity index (χ2v) is 4.66. The smallest absolute Gasteiger partial charge is 0.185 e. The maximum absolute atomic E-state index is 12.1. The zero-order valence-corrected chi connectivity index (χ0v) is 12.9. The molecular formula is C19H20O3. The first-order valence-electron chi connectivity index (χ1n) is 7.41. The van der Waals surface area contributed by atoms with Gasteiger partial charge in [-0.05, 0) is 61.9 Å². The van der Waals surface area contributed by atoms with Crippen molar-refractivity contribution in [1.29, 1.82) is 0 Å². The Morgan fingerprint density at radius 1 is 0.864 bits per heavy atom. The summed E-state index contributed by atoms with van der Waals surface area (Å²) >= 11 is 0. The van der Waals surface area contributed by atoms with Crippen molar-refractivity contribution >= 4 is 11.9 Å². The molecule has 2 rings (SSSR count). The van der Waals surface area contributed by atoms with Gasteiger partial charge in [-0.15, -0.1) is 0 Å². The molecule has 3 nitrogen and oxygen atoms in total. The summed E-state index contributed by atoms with van der Waals surface area (Å²) in [7, 11) is 0. The van der Waals surface area contributed by atoms with Gasteiger partial charge in [-0.1, -0.05) is 18.2 Å². The van der Waals surface area contributed by atoms with Gasteiger partial charge in [0.25, 0.3) is 0 Å². The fourth-order valence-electron chi connectivity index (χ4n) is 1.99. The lowest BCUT2D eigenvalue weighted by atomic mass is 10.1. The molecule has 0 radical (unpaired) electrons. The van der Waals surface area contributed by atoms with Crippen molar-refractivity contribution in [3.05, 3.63) is 65.7 Å². The summed E-state index contributed by atoms with van der Waals surface area (Å²) < 4.78 is 10.7. The number of carbonyl (C=O) groups excluding carboxylic acids is 1. The average Bonchev–Trinajstić information content (AvgIpc) is 2.55. The molecule has 0 spiro atoms. The number of ketones is 1. The summed E-state index contributed by atoms with van der Waals surface area (Å²) in [4.78, 5) is 12.1. The molecule has 0 unspecified atom stereocenters. The summed E-state index contributed by atoms with van der Waals surface area (Å²) in [5.74, 6) is 1.57.